The van der Waals surface area contributed by atoms with Crippen LogP contribution in [0.4, 0.5) is 0 Å². The van der Waals surface area contributed by atoms with Gasteiger partial charge < -0.3 is 9.47 Å². The zero-order chi connectivity index (χ0) is 13.4. The summed E-state index contributed by atoms with van der Waals surface area (Å²) in [5.74, 6) is -0.330. The number of hydrogen-bond donors (Lipinski definition) is 0. The van der Waals surface area contributed by atoms with Gasteiger partial charge in [-0.1, -0.05) is 36.9 Å². The summed E-state index contributed by atoms with van der Waals surface area (Å²) in [7, 11) is 1.69. The lowest BCUT2D eigenvalue weighted by Crippen LogP contribution is -2.08. The molecule has 0 aliphatic rings. The fraction of sp³-hybridized carbons (Fsp3) is 0.400. The highest BCUT2D eigenvalue weighted by Gasteiger charge is 2.10. The Morgan fingerprint density at radius 2 is 2.00 bits per heavy atom. The number of hydrogen-bond acceptors (Lipinski definition) is 3. The van der Waals surface area contributed by atoms with Gasteiger partial charge in [0.05, 0.1) is 12.7 Å². The molecule has 0 aliphatic heterocycles. The van der Waals surface area contributed by atoms with Crippen molar-refractivity contribution in [2.45, 2.75) is 25.9 Å². The van der Waals surface area contributed by atoms with Crippen molar-refractivity contribution in [3.8, 4) is 0 Å². The van der Waals surface area contributed by atoms with E-state index < -0.39 is 0 Å². The molecule has 0 amide bonds. The van der Waals surface area contributed by atoms with E-state index >= 15 is 0 Å². The molecule has 0 fully saturated rings. The molecule has 3 heteroatoms. The standard InChI is InChI=1S/C15H20O3/c1-12(2)15(16)18-11-7-10-14(17-3)13-8-5-4-6-9-13/h4-6,8-9,14H,1,7,10-11H2,2-3H3. The molecule has 1 atom stereocenters. The number of ether oxygens (including phenoxy) is 2. The topological polar surface area (TPSA) is 35.5 Å². The van der Waals surface area contributed by atoms with Crippen LogP contribution in [0.25, 0.3) is 0 Å². The average molecular weight is 248 g/mol. The summed E-state index contributed by atoms with van der Waals surface area (Å²) in [6.45, 7) is 5.58. The largest absolute Gasteiger partial charge is 0.462 e. The van der Waals surface area contributed by atoms with E-state index in [1.165, 1.54) is 0 Å². The van der Waals surface area contributed by atoms with Gasteiger partial charge in [0.25, 0.3) is 0 Å². The van der Waals surface area contributed by atoms with Crippen molar-refractivity contribution in [1.29, 1.82) is 0 Å². The SMILES string of the molecule is C=C(C)C(=O)OCCCC(OC)c1ccccc1. The highest BCUT2D eigenvalue weighted by molar-refractivity contribution is 5.86. The van der Waals surface area contributed by atoms with Crippen molar-refractivity contribution < 1.29 is 14.3 Å². The predicted octanol–water partition coefficient (Wildman–Crippen LogP) is 3.27. The van der Waals surface area contributed by atoms with Crippen molar-refractivity contribution in [3.63, 3.8) is 0 Å². The zero-order valence-electron chi connectivity index (χ0n) is 11.0. The number of benzene rings is 1. The summed E-state index contributed by atoms with van der Waals surface area (Å²) in [5, 5.41) is 0. The molecule has 0 saturated carbocycles. The van der Waals surface area contributed by atoms with Crippen molar-refractivity contribution in [2.75, 3.05) is 13.7 Å². The Bertz CT molecular complexity index is 384. The fourth-order valence-corrected chi connectivity index (χ4v) is 1.65. The van der Waals surface area contributed by atoms with E-state index in [2.05, 4.69) is 6.58 Å². The third kappa shape index (κ3) is 4.72. The molecule has 0 spiro atoms. The number of methoxy groups -OCH3 is 1. The van der Waals surface area contributed by atoms with E-state index in [0.717, 1.165) is 18.4 Å². The molecule has 1 rings (SSSR count). The van der Waals surface area contributed by atoms with E-state index in [9.17, 15) is 4.79 Å². The first-order chi connectivity index (χ1) is 8.65. The molecule has 1 unspecified atom stereocenters. The Kier molecular flexibility index (Phi) is 6.15. The van der Waals surface area contributed by atoms with Crippen LogP contribution in [-0.2, 0) is 14.3 Å². The van der Waals surface area contributed by atoms with Crippen LogP contribution < -0.4 is 0 Å². The van der Waals surface area contributed by atoms with Gasteiger partial charge in [-0.05, 0) is 25.3 Å². The molecular formula is C15H20O3. The fourth-order valence-electron chi connectivity index (χ4n) is 1.65. The maximum absolute atomic E-state index is 11.2. The molecular weight excluding hydrogens is 228 g/mol. The molecule has 98 valence electrons. The van der Waals surface area contributed by atoms with Crippen LogP contribution in [-0.4, -0.2) is 19.7 Å². The molecule has 0 heterocycles. The van der Waals surface area contributed by atoms with Gasteiger partial charge in [0.15, 0.2) is 0 Å². The summed E-state index contributed by atoms with van der Waals surface area (Å²) in [6, 6.07) is 10.0. The highest BCUT2D eigenvalue weighted by atomic mass is 16.5. The van der Waals surface area contributed by atoms with Crippen molar-refractivity contribution in [1.82, 2.24) is 0 Å². The lowest BCUT2D eigenvalue weighted by atomic mass is 10.1. The second-order valence-electron chi connectivity index (χ2n) is 4.19. The average Bonchev–Trinajstić information content (AvgIpc) is 2.39. The van der Waals surface area contributed by atoms with Crippen LogP contribution in [0, 0.1) is 0 Å². The van der Waals surface area contributed by atoms with Gasteiger partial charge in [-0.3, -0.25) is 0 Å². The van der Waals surface area contributed by atoms with Gasteiger partial charge >= 0.3 is 5.97 Å². The zero-order valence-corrected chi connectivity index (χ0v) is 11.0. The third-order valence-corrected chi connectivity index (χ3v) is 2.65. The van der Waals surface area contributed by atoms with E-state index in [0.29, 0.717) is 12.2 Å². The second kappa shape index (κ2) is 7.67. The summed E-state index contributed by atoms with van der Waals surface area (Å²) >= 11 is 0. The molecule has 18 heavy (non-hydrogen) atoms. The molecule has 1 aromatic rings. The summed E-state index contributed by atoms with van der Waals surface area (Å²) in [4.78, 5) is 11.2. The van der Waals surface area contributed by atoms with Gasteiger partial charge in [0, 0.05) is 12.7 Å². The molecule has 0 saturated heterocycles. The molecule has 0 N–H and O–H groups in total. The highest BCUT2D eigenvalue weighted by Crippen LogP contribution is 2.21. The Labute approximate surface area is 108 Å². The Hall–Kier alpha value is -1.61. The summed E-state index contributed by atoms with van der Waals surface area (Å²) in [6.07, 6.45) is 1.64. The first kappa shape index (κ1) is 14.5. The number of rotatable bonds is 7. The molecule has 1 aromatic carbocycles. The predicted molar refractivity (Wildman–Crippen MR) is 71.2 cm³/mol. The second-order valence-corrected chi connectivity index (χ2v) is 4.19. The third-order valence-electron chi connectivity index (χ3n) is 2.65. The van der Waals surface area contributed by atoms with Crippen LogP contribution in [0.1, 0.15) is 31.4 Å². The van der Waals surface area contributed by atoms with Crippen LogP contribution >= 0.6 is 0 Å². The molecule has 3 nitrogen and oxygen atoms in total. The first-order valence-electron chi connectivity index (χ1n) is 6.05. The van der Waals surface area contributed by atoms with Crippen LogP contribution in [0.2, 0.25) is 0 Å². The normalized spacial score (nSPS) is 11.9. The van der Waals surface area contributed by atoms with Crippen molar-refractivity contribution in [3.05, 3.63) is 48.0 Å². The van der Waals surface area contributed by atoms with Crippen molar-refractivity contribution >= 4 is 5.97 Å². The van der Waals surface area contributed by atoms with Gasteiger partial charge in [-0.2, -0.15) is 0 Å². The maximum atomic E-state index is 11.2. The van der Waals surface area contributed by atoms with Gasteiger partial charge in [-0.15, -0.1) is 0 Å². The van der Waals surface area contributed by atoms with E-state index in [-0.39, 0.29) is 12.1 Å². The maximum Gasteiger partial charge on any atom is 0.333 e. The lowest BCUT2D eigenvalue weighted by molar-refractivity contribution is -0.139. The summed E-state index contributed by atoms with van der Waals surface area (Å²) < 4.78 is 10.5. The van der Waals surface area contributed by atoms with Crippen LogP contribution in [0.15, 0.2) is 42.5 Å². The van der Waals surface area contributed by atoms with E-state index in [4.69, 9.17) is 9.47 Å². The van der Waals surface area contributed by atoms with Crippen molar-refractivity contribution in [2.24, 2.45) is 0 Å². The molecule has 0 aromatic heterocycles. The Morgan fingerprint density at radius 1 is 1.33 bits per heavy atom. The van der Waals surface area contributed by atoms with Crippen LogP contribution in [0.5, 0.6) is 0 Å². The van der Waals surface area contributed by atoms with E-state index in [1.54, 1.807) is 14.0 Å². The quantitative estimate of drug-likeness (QED) is 0.422. The van der Waals surface area contributed by atoms with Gasteiger partial charge in [0.2, 0.25) is 0 Å². The minimum absolute atomic E-state index is 0.0507. The number of esters is 1. The number of carbonyl (C=O) groups excluding carboxylic acids is 1. The molecule has 0 bridgehead atoms. The van der Waals surface area contributed by atoms with Crippen LogP contribution in [0.3, 0.4) is 0 Å². The van der Waals surface area contributed by atoms with Gasteiger partial charge in [-0.25, -0.2) is 4.79 Å². The lowest BCUT2D eigenvalue weighted by Gasteiger charge is -2.15. The minimum atomic E-state index is -0.330. The molecule has 0 radical (unpaired) electrons. The van der Waals surface area contributed by atoms with E-state index in [1.807, 2.05) is 30.3 Å². The Morgan fingerprint density at radius 3 is 2.56 bits per heavy atom. The number of carbonyl (C=O) groups is 1. The summed E-state index contributed by atoms with van der Waals surface area (Å²) in [5.41, 5.74) is 1.58. The Balaban J connectivity index is 2.33. The molecule has 0 aliphatic carbocycles. The smallest absolute Gasteiger partial charge is 0.333 e. The monoisotopic (exact) mass is 248 g/mol. The minimum Gasteiger partial charge on any atom is -0.462 e. The van der Waals surface area contributed by atoms with Gasteiger partial charge in [0.1, 0.15) is 0 Å². The first-order valence-corrected chi connectivity index (χ1v) is 6.05.